The van der Waals surface area contributed by atoms with E-state index < -0.39 is 0 Å². The molecular weight excluding hydrogens is 360 g/mol. The predicted molar refractivity (Wildman–Crippen MR) is 106 cm³/mol. The van der Waals surface area contributed by atoms with E-state index in [9.17, 15) is 9.59 Å². The van der Waals surface area contributed by atoms with E-state index in [2.05, 4.69) is 20.8 Å². The quantitative estimate of drug-likeness (QED) is 0.555. The molecular formula is C20H26N4O2S. The molecule has 1 amide bonds. The molecule has 144 valence electrons. The molecule has 1 aromatic carbocycles. The van der Waals surface area contributed by atoms with Crippen molar-refractivity contribution in [3.05, 3.63) is 39.7 Å². The van der Waals surface area contributed by atoms with E-state index in [0.717, 1.165) is 51.6 Å². The van der Waals surface area contributed by atoms with E-state index in [0.29, 0.717) is 18.2 Å². The van der Waals surface area contributed by atoms with Crippen molar-refractivity contribution in [2.45, 2.75) is 64.6 Å². The maximum Gasteiger partial charge on any atom is 0.217 e. The highest BCUT2D eigenvalue weighted by molar-refractivity contribution is 7.99. The number of rotatable bonds is 8. The van der Waals surface area contributed by atoms with Crippen LogP contribution in [-0.2, 0) is 11.2 Å². The number of amides is 1. The van der Waals surface area contributed by atoms with E-state index >= 15 is 0 Å². The first-order valence-corrected chi connectivity index (χ1v) is 10.2. The van der Waals surface area contributed by atoms with Crippen molar-refractivity contribution in [2.75, 3.05) is 5.75 Å². The van der Waals surface area contributed by atoms with Crippen molar-refractivity contribution in [3.63, 3.8) is 0 Å². The lowest BCUT2D eigenvalue weighted by molar-refractivity contribution is -0.118. The van der Waals surface area contributed by atoms with Crippen molar-refractivity contribution in [1.29, 1.82) is 0 Å². The zero-order valence-electron chi connectivity index (χ0n) is 16.3. The normalized spacial score (nSPS) is 13.8. The van der Waals surface area contributed by atoms with Crippen molar-refractivity contribution >= 4 is 23.5 Å². The Morgan fingerprint density at radius 2 is 1.78 bits per heavy atom. The third-order valence-corrected chi connectivity index (χ3v) is 6.16. The molecule has 0 bridgehead atoms. The summed E-state index contributed by atoms with van der Waals surface area (Å²) in [4.78, 5) is 24.0. The average molecular weight is 387 g/mol. The van der Waals surface area contributed by atoms with Gasteiger partial charge >= 0.3 is 0 Å². The summed E-state index contributed by atoms with van der Waals surface area (Å²) >= 11 is 1.43. The van der Waals surface area contributed by atoms with Gasteiger partial charge in [-0.1, -0.05) is 17.8 Å². The summed E-state index contributed by atoms with van der Waals surface area (Å²) in [6.07, 6.45) is 2.91. The van der Waals surface area contributed by atoms with Gasteiger partial charge in [0.05, 0.1) is 5.75 Å². The van der Waals surface area contributed by atoms with E-state index in [1.54, 1.807) is 0 Å². The average Bonchev–Trinajstić information content (AvgIpc) is 3.36. The van der Waals surface area contributed by atoms with Crippen LogP contribution in [0.4, 0.5) is 0 Å². The fourth-order valence-corrected chi connectivity index (χ4v) is 4.24. The Hall–Kier alpha value is -2.15. The highest BCUT2D eigenvalue weighted by Crippen LogP contribution is 2.39. The molecule has 0 atom stereocenters. The number of benzene rings is 1. The largest absolute Gasteiger partial charge is 0.370 e. The standard InChI is InChI=1S/C20H26N4O2S/c1-11-9-12(2)14(4)19(13(11)3)16(25)10-27-20-23-22-18(8-7-17(21)26)24(20)15-5-6-15/h9,15H,5-8,10H2,1-4H3,(H2,21,26). The van der Waals surface area contributed by atoms with E-state index in [4.69, 9.17) is 5.73 Å². The third kappa shape index (κ3) is 4.24. The van der Waals surface area contributed by atoms with Crippen LogP contribution in [0.3, 0.4) is 0 Å². The highest BCUT2D eigenvalue weighted by atomic mass is 32.2. The molecule has 0 spiro atoms. The molecule has 3 rings (SSSR count). The summed E-state index contributed by atoms with van der Waals surface area (Å²) in [5.74, 6) is 0.881. The lowest BCUT2D eigenvalue weighted by Gasteiger charge is -2.14. The predicted octanol–water partition coefficient (Wildman–Crippen LogP) is 3.24. The number of aromatic nitrogens is 3. The molecule has 1 aliphatic carbocycles. The van der Waals surface area contributed by atoms with Gasteiger partial charge in [-0.3, -0.25) is 9.59 Å². The molecule has 6 nitrogen and oxygen atoms in total. The summed E-state index contributed by atoms with van der Waals surface area (Å²) in [6, 6.07) is 2.51. The van der Waals surface area contributed by atoms with Gasteiger partial charge in [-0.2, -0.15) is 0 Å². The molecule has 0 aliphatic heterocycles. The van der Waals surface area contributed by atoms with Gasteiger partial charge in [0, 0.05) is 24.4 Å². The van der Waals surface area contributed by atoms with Crippen molar-refractivity contribution in [2.24, 2.45) is 5.73 Å². The Labute approximate surface area is 163 Å². The minimum absolute atomic E-state index is 0.117. The number of hydrogen-bond donors (Lipinski definition) is 1. The molecule has 2 N–H and O–H groups in total. The topological polar surface area (TPSA) is 90.9 Å². The van der Waals surface area contributed by atoms with Gasteiger partial charge in [-0.15, -0.1) is 10.2 Å². The van der Waals surface area contributed by atoms with Gasteiger partial charge in [0.1, 0.15) is 5.82 Å². The summed E-state index contributed by atoms with van der Waals surface area (Å²) in [7, 11) is 0. The second-order valence-corrected chi connectivity index (χ2v) is 8.26. The maximum absolute atomic E-state index is 12.9. The number of carbonyl (C=O) groups is 2. The molecule has 1 saturated carbocycles. The Bertz CT molecular complexity index is 874. The number of ketones is 1. The van der Waals surface area contributed by atoms with Crippen LogP contribution in [0.2, 0.25) is 0 Å². The Morgan fingerprint density at radius 1 is 1.15 bits per heavy atom. The lowest BCUT2D eigenvalue weighted by Crippen LogP contribution is -2.14. The molecule has 1 fully saturated rings. The van der Waals surface area contributed by atoms with Crippen LogP contribution >= 0.6 is 11.8 Å². The Morgan fingerprint density at radius 3 is 2.33 bits per heavy atom. The first kappa shape index (κ1) is 19.6. The van der Waals surface area contributed by atoms with Gasteiger partial charge in [0.2, 0.25) is 5.91 Å². The first-order valence-electron chi connectivity index (χ1n) is 9.25. The summed E-state index contributed by atoms with van der Waals surface area (Å²) in [5, 5.41) is 9.26. The van der Waals surface area contributed by atoms with Crippen molar-refractivity contribution in [1.82, 2.24) is 14.8 Å². The fourth-order valence-electron chi connectivity index (χ4n) is 3.35. The van der Waals surface area contributed by atoms with Gasteiger partial charge in [-0.05, 0) is 62.8 Å². The molecule has 1 heterocycles. The SMILES string of the molecule is Cc1cc(C)c(C)c(C(=O)CSc2nnc(CCC(N)=O)n2C2CC2)c1C. The number of aryl methyl sites for hydroxylation is 3. The molecule has 1 aliphatic rings. The number of primary amides is 1. The number of hydrogen-bond acceptors (Lipinski definition) is 5. The van der Waals surface area contributed by atoms with E-state index in [1.807, 2.05) is 27.7 Å². The van der Waals surface area contributed by atoms with E-state index in [1.165, 1.54) is 11.8 Å². The zero-order valence-corrected chi connectivity index (χ0v) is 17.2. The lowest BCUT2D eigenvalue weighted by atomic mass is 9.92. The maximum atomic E-state index is 12.9. The summed E-state index contributed by atoms with van der Waals surface area (Å²) in [6.45, 7) is 8.10. The van der Waals surface area contributed by atoms with Crippen LogP contribution in [-0.4, -0.2) is 32.2 Å². The fraction of sp³-hybridized carbons (Fsp3) is 0.500. The molecule has 0 saturated heterocycles. The van der Waals surface area contributed by atoms with Crippen LogP contribution < -0.4 is 5.73 Å². The van der Waals surface area contributed by atoms with Crippen molar-refractivity contribution in [3.8, 4) is 0 Å². The number of carbonyl (C=O) groups excluding carboxylic acids is 2. The van der Waals surface area contributed by atoms with Crippen molar-refractivity contribution < 1.29 is 9.59 Å². The third-order valence-electron chi connectivity index (χ3n) is 5.22. The monoisotopic (exact) mass is 386 g/mol. The number of thioether (sulfide) groups is 1. The zero-order chi connectivity index (χ0) is 19.7. The number of Topliss-reactive ketones (excluding diaryl/α,β-unsaturated/α-hetero) is 1. The molecule has 0 unspecified atom stereocenters. The highest BCUT2D eigenvalue weighted by Gasteiger charge is 2.30. The molecule has 1 aromatic heterocycles. The van der Waals surface area contributed by atoms with Gasteiger partial charge in [0.15, 0.2) is 10.9 Å². The Kier molecular flexibility index (Phi) is 5.69. The number of nitrogens with zero attached hydrogens (tertiary/aromatic N) is 3. The van der Waals surface area contributed by atoms with Gasteiger partial charge < -0.3 is 10.3 Å². The van der Waals surface area contributed by atoms with Crippen LogP contribution in [0.15, 0.2) is 11.2 Å². The summed E-state index contributed by atoms with van der Waals surface area (Å²) in [5.41, 5.74) is 10.5. The second-order valence-electron chi connectivity index (χ2n) is 7.31. The summed E-state index contributed by atoms with van der Waals surface area (Å²) < 4.78 is 2.09. The van der Waals surface area contributed by atoms with Crippen LogP contribution in [0.1, 0.15) is 63.7 Å². The van der Waals surface area contributed by atoms with Gasteiger partial charge in [-0.25, -0.2) is 0 Å². The molecule has 7 heteroatoms. The minimum atomic E-state index is -0.342. The second kappa shape index (κ2) is 7.84. The smallest absolute Gasteiger partial charge is 0.217 e. The molecule has 2 aromatic rings. The molecule has 0 radical (unpaired) electrons. The van der Waals surface area contributed by atoms with Gasteiger partial charge in [0.25, 0.3) is 0 Å². The van der Waals surface area contributed by atoms with Crippen LogP contribution in [0.25, 0.3) is 0 Å². The van der Waals surface area contributed by atoms with E-state index in [-0.39, 0.29) is 18.1 Å². The Balaban J connectivity index is 1.78. The number of nitrogens with two attached hydrogens (primary N) is 1. The first-order chi connectivity index (χ1) is 12.8. The van der Waals surface area contributed by atoms with Crippen LogP contribution in [0, 0.1) is 27.7 Å². The molecule has 27 heavy (non-hydrogen) atoms. The minimum Gasteiger partial charge on any atom is -0.370 e. The van der Waals surface area contributed by atoms with Crippen LogP contribution in [0.5, 0.6) is 0 Å².